The summed E-state index contributed by atoms with van der Waals surface area (Å²) in [6, 6.07) is 3.42. The maximum absolute atomic E-state index is 14.2. The Morgan fingerprint density at radius 1 is 1.28 bits per heavy atom. The van der Waals surface area contributed by atoms with E-state index in [-0.39, 0.29) is 40.6 Å². The quantitative estimate of drug-likeness (QED) is 0.770. The summed E-state index contributed by atoms with van der Waals surface area (Å²) in [5.41, 5.74) is -0.599. The molecule has 92 valence electrons. The molecule has 1 N–H and O–H groups in total. The first-order valence-corrected chi connectivity index (χ1v) is 5.32. The molecule has 0 unspecified atom stereocenters. The highest BCUT2D eigenvalue weighted by Crippen LogP contribution is 2.49. The lowest BCUT2D eigenvalue weighted by Gasteiger charge is -2.30. The lowest BCUT2D eigenvalue weighted by molar-refractivity contribution is -0.114. The van der Waals surface area contributed by atoms with E-state index < -0.39 is 5.92 Å². The topological polar surface area (TPSA) is 46.5 Å². The van der Waals surface area contributed by atoms with Gasteiger partial charge in [0.2, 0.25) is 0 Å². The van der Waals surface area contributed by atoms with Crippen molar-refractivity contribution in [1.29, 1.82) is 0 Å². The monoisotopic (exact) mass is 250 g/mol. The van der Waals surface area contributed by atoms with Gasteiger partial charge >= 0.3 is 5.92 Å². The summed E-state index contributed by atoms with van der Waals surface area (Å²) >= 11 is 0. The van der Waals surface area contributed by atoms with Crippen LogP contribution in [0.3, 0.4) is 0 Å². The van der Waals surface area contributed by atoms with Gasteiger partial charge in [-0.25, -0.2) is 0 Å². The molecule has 0 bridgehead atoms. The van der Waals surface area contributed by atoms with Crippen LogP contribution in [0.15, 0.2) is 41.7 Å². The number of ketones is 1. The molecule has 0 fully saturated rings. The van der Waals surface area contributed by atoms with E-state index in [1.165, 1.54) is 6.07 Å². The van der Waals surface area contributed by atoms with E-state index in [1.807, 2.05) is 0 Å². The Morgan fingerprint density at radius 2 is 2.06 bits per heavy atom. The zero-order valence-electron chi connectivity index (χ0n) is 9.11. The fourth-order valence-corrected chi connectivity index (χ4v) is 2.09. The first-order chi connectivity index (χ1) is 8.48. The number of hydrogen-bond donors (Lipinski definition) is 1. The molecule has 3 rings (SSSR count). The van der Waals surface area contributed by atoms with Gasteiger partial charge < -0.3 is 9.84 Å². The Kier molecular flexibility index (Phi) is 2.08. The number of aromatic hydroxyl groups is 1. The van der Waals surface area contributed by atoms with Crippen molar-refractivity contribution >= 4 is 5.78 Å². The first-order valence-electron chi connectivity index (χ1n) is 5.32. The van der Waals surface area contributed by atoms with Gasteiger partial charge in [0.1, 0.15) is 17.3 Å². The van der Waals surface area contributed by atoms with Crippen LogP contribution >= 0.6 is 0 Å². The zero-order valence-corrected chi connectivity index (χ0v) is 9.11. The second kappa shape index (κ2) is 3.41. The molecule has 1 aliphatic heterocycles. The number of rotatable bonds is 0. The van der Waals surface area contributed by atoms with Crippen molar-refractivity contribution in [3.8, 4) is 11.5 Å². The van der Waals surface area contributed by atoms with E-state index in [4.69, 9.17) is 4.74 Å². The molecule has 0 saturated carbocycles. The summed E-state index contributed by atoms with van der Waals surface area (Å²) in [6.45, 7) is 0. The number of carbonyl (C=O) groups excluding carboxylic acids is 1. The Bertz CT molecular complexity index is 615. The van der Waals surface area contributed by atoms with Gasteiger partial charge in [-0.05, 0) is 24.3 Å². The van der Waals surface area contributed by atoms with Gasteiger partial charge in [-0.2, -0.15) is 8.78 Å². The molecule has 3 nitrogen and oxygen atoms in total. The van der Waals surface area contributed by atoms with Gasteiger partial charge in [-0.15, -0.1) is 0 Å². The highest BCUT2D eigenvalue weighted by Gasteiger charge is 2.45. The molecule has 0 amide bonds. The fourth-order valence-electron chi connectivity index (χ4n) is 2.09. The minimum absolute atomic E-state index is 0.0504. The number of phenolic OH excluding ortho intramolecular Hbond substituents is 1. The summed E-state index contributed by atoms with van der Waals surface area (Å²) in [7, 11) is 0. The molecule has 1 heterocycles. The van der Waals surface area contributed by atoms with Crippen molar-refractivity contribution in [3.63, 3.8) is 0 Å². The molecule has 1 aromatic carbocycles. The average molecular weight is 250 g/mol. The molecular weight excluding hydrogens is 242 g/mol. The maximum atomic E-state index is 14.2. The highest BCUT2D eigenvalue weighted by atomic mass is 19.3. The average Bonchev–Trinajstić information content (AvgIpc) is 2.27. The van der Waals surface area contributed by atoms with Crippen molar-refractivity contribution in [2.24, 2.45) is 0 Å². The molecule has 5 heteroatoms. The van der Waals surface area contributed by atoms with Crippen molar-refractivity contribution in [2.45, 2.75) is 12.3 Å². The van der Waals surface area contributed by atoms with Gasteiger partial charge in [0.25, 0.3) is 0 Å². The third kappa shape index (κ3) is 1.44. The molecule has 0 atom stereocenters. The van der Waals surface area contributed by atoms with Gasteiger partial charge in [0, 0.05) is 6.07 Å². The number of fused-ring (bicyclic) bond motifs is 1. The largest absolute Gasteiger partial charge is 0.508 e. The number of allylic oxidation sites excluding steroid dienone is 4. The molecule has 18 heavy (non-hydrogen) atoms. The van der Waals surface area contributed by atoms with Crippen LogP contribution in [0.1, 0.15) is 12.0 Å². The van der Waals surface area contributed by atoms with Crippen molar-refractivity contribution in [2.75, 3.05) is 0 Å². The van der Waals surface area contributed by atoms with Crippen LogP contribution in [-0.4, -0.2) is 10.9 Å². The summed E-state index contributed by atoms with van der Waals surface area (Å²) in [5, 5.41) is 9.28. The van der Waals surface area contributed by atoms with Gasteiger partial charge in [-0.1, -0.05) is 0 Å². The number of halogens is 2. The standard InChI is InChI=1S/C13H8F2O3/c14-13(15)9-3-1-7(16)5-11(9)18-12-6-8(17)2-4-10(12)13/h1-5,16H,6H2. The van der Waals surface area contributed by atoms with E-state index in [0.29, 0.717) is 0 Å². The predicted octanol–water partition coefficient (Wildman–Crippen LogP) is 2.66. The fraction of sp³-hybridized carbons (Fsp3) is 0.154. The smallest absolute Gasteiger partial charge is 0.305 e. The summed E-state index contributed by atoms with van der Waals surface area (Å²) < 4.78 is 33.7. The Hall–Kier alpha value is -2.17. The molecular formula is C13H8F2O3. The number of alkyl halides is 2. The lowest BCUT2D eigenvalue weighted by Crippen LogP contribution is -2.27. The second-order valence-electron chi connectivity index (χ2n) is 4.17. The molecule has 0 aromatic heterocycles. The van der Waals surface area contributed by atoms with Gasteiger partial charge in [0.15, 0.2) is 5.78 Å². The van der Waals surface area contributed by atoms with Gasteiger partial charge in [0.05, 0.1) is 17.6 Å². The Labute approximate surface area is 101 Å². The normalized spacial score (nSPS) is 20.2. The van der Waals surface area contributed by atoms with E-state index in [9.17, 15) is 18.7 Å². The summed E-state index contributed by atoms with van der Waals surface area (Å²) in [4.78, 5) is 11.2. The third-order valence-corrected chi connectivity index (χ3v) is 2.95. The van der Waals surface area contributed by atoms with Gasteiger partial charge in [-0.3, -0.25) is 4.79 Å². The maximum Gasteiger partial charge on any atom is 0.305 e. The first kappa shape index (κ1) is 11.0. The summed E-state index contributed by atoms with van der Waals surface area (Å²) in [5.74, 6) is -3.82. The summed E-state index contributed by atoms with van der Waals surface area (Å²) in [6.07, 6.45) is 2.04. The minimum Gasteiger partial charge on any atom is -0.508 e. The lowest BCUT2D eigenvalue weighted by atomic mass is 9.91. The van der Waals surface area contributed by atoms with Crippen LogP contribution in [0.4, 0.5) is 8.78 Å². The Balaban J connectivity index is 2.18. The number of hydrogen-bond acceptors (Lipinski definition) is 3. The van der Waals surface area contributed by atoms with Crippen molar-refractivity contribution in [3.05, 3.63) is 47.2 Å². The predicted molar refractivity (Wildman–Crippen MR) is 58.4 cm³/mol. The van der Waals surface area contributed by atoms with E-state index in [0.717, 1.165) is 24.3 Å². The molecule has 2 aliphatic rings. The molecule has 1 aliphatic carbocycles. The van der Waals surface area contributed by atoms with Crippen LogP contribution < -0.4 is 4.74 Å². The molecule has 0 spiro atoms. The highest BCUT2D eigenvalue weighted by molar-refractivity contribution is 5.93. The van der Waals surface area contributed by atoms with Crippen LogP contribution in [0.5, 0.6) is 11.5 Å². The third-order valence-electron chi connectivity index (χ3n) is 2.95. The van der Waals surface area contributed by atoms with E-state index in [1.54, 1.807) is 0 Å². The number of carbonyl (C=O) groups is 1. The number of ether oxygens (including phenoxy) is 1. The van der Waals surface area contributed by atoms with Crippen molar-refractivity contribution in [1.82, 2.24) is 0 Å². The van der Waals surface area contributed by atoms with E-state index in [2.05, 4.69) is 0 Å². The van der Waals surface area contributed by atoms with E-state index >= 15 is 0 Å². The van der Waals surface area contributed by atoms with Crippen LogP contribution in [0.2, 0.25) is 0 Å². The SMILES string of the molecule is O=C1C=CC2=C(C1)Oc1cc(O)ccc1C2(F)F. The number of benzene rings is 1. The van der Waals surface area contributed by atoms with Crippen LogP contribution in [0.25, 0.3) is 0 Å². The number of phenols is 1. The van der Waals surface area contributed by atoms with Crippen LogP contribution in [-0.2, 0) is 10.7 Å². The van der Waals surface area contributed by atoms with Crippen LogP contribution in [0, 0.1) is 0 Å². The second-order valence-corrected chi connectivity index (χ2v) is 4.17. The molecule has 0 saturated heterocycles. The zero-order chi connectivity index (χ0) is 12.9. The Morgan fingerprint density at radius 3 is 2.83 bits per heavy atom. The molecule has 0 radical (unpaired) electrons. The molecule has 1 aromatic rings. The minimum atomic E-state index is -3.21. The van der Waals surface area contributed by atoms with Crippen molar-refractivity contribution < 1.29 is 23.4 Å².